The summed E-state index contributed by atoms with van der Waals surface area (Å²) in [6.07, 6.45) is 52.3. The van der Waals surface area contributed by atoms with E-state index in [1.165, 1.54) is 6.42 Å². The van der Waals surface area contributed by atoms with Gasteiger partial charge in [-0.05, 0) is 89.9 Å². The van der Waals surface area contributed by atoms with Gasteiger partial charge in [0.15, 0.2) is 0 Å². The number of ether oxygens (including phenoxy) is 2. The number of unbranched alkanes of at least 4 members (excludes halogenated alkanes) is 9. The third kappa shape index (κ3) is 41.0. The highest BCUT2D eigenvalue weighted by Crippen LogP contribution is 2.43. The Labute approximate surface area is 340 Å². The zero-order valence-corrected chi connectivity index (χ0v) is 35.7. The van der Waals surface area contributed by atoms with Crippen LogP contribution in [0.4, 0.5) is 0 Å². The van der Waals surface area contributed by atoms with Crippen LogP contribution in [0.5, 0.6) is 0 Å². The quantitative estimate of drug-likeness (QED) is 0.0240. The number of allylic oxidation sites excluding steroid dienone is 16. The number of carbonyl (C=O) groups excluding carboxylic acids is 1. The summed E-state index contributed by atoms with van der Waals surface area (Å²) in [5.74, 6) is -0.415. The van der Waals surface area contributed by atoms with Crippen molar-refractivity contribution in [2.24, 2.45) is 0 Å². The highest BCUT2D eigenvalue weighted by Gasteiger charge is 2.26. The minimum absolute atomic E-state index is 0.0140. The molecule has 0 aromatic rings. The third-order valence-corrected chi connectivity index (χ3v) is 9.19. The van der Waals surface area contributed by atoms with Crippen LogP contribution in [0, 0.1) is 0 Å². The number of esters is 1. The van der Waals surface area contributed by atoms with E-state index in [0.29, 0.717) is 13.0 Å². The second kappa shape index (κ2) is 42.0. The van der Waals surface area contributed by atoms with Crippen molar-refractivity contribution in [1.82, 2.24) is 0 Å². The van der Waals surface area contributed by atoms with E-state index in [2.05, 4.69) is 111 Å². The van der Waals surface area contributed by atoms with Crippen molar-refractivity contribution >= 4 is 13.8 Å². The predicted octanol–water partition coefficient (Wildman–Crippen LogP) is 11.7. The fourth-order valence-corrected chi connectivity index (χ4v) is 5.83. The highest BCUT2D eigenvalue weighted by molar-refractivity contribution is 7.47. The summed E-state index contributed by atoms with van der Waals surface area (Å²) in [6, 6.07) is 0. The van der Waals surface area contributed by atoms with Gasteiger partial charge in [-0.3, -0.25) is 13.8 Å². The molecule has 0 aromatic carbocycles. The first-order valence-electron chi connectivity index (χ1n) is 21.2. The molecule has 0 aromatic heterocycles. The first-order valence-corrected chi connectivity index (χ1v) is 22.7. The zero-order chi connectivity index (χ0) is 41.1. The topological polar surface area (TPSA) is 132 Å². The SMILES string of the molecule is CC/C=C\C/C=C\C/C=C\C/C=C\C/C=C\C/C=C\CCCCCOCC(COP(=O)(O)OCC(O)CO)OC(=O)CCCCCCC/C=C\C/C=C\CCC. The first-order chi connectivity index (χ1) is 27.3. The molecule has 9 nitrogen and oxygen atoms in total. The molecular formula is C46H77O9P. The Kier molecular flexibility index (Phi) is 40.0. The van der Waals surface area contributed by atoms with Crippen LogP contribution in [-0.2, 0) is 27.9 Å². The molecule has 0 rings (SSSR count). The van der Waals surface area contributed by atoms with Crippen LogP contribution >= 0.6 is 7.82 Å². The number of aliphatic hydroxyl groups excluding tert-OH is 2. The van der Waals surface area contributed by atoms with Gasteiger partial charge in [0.05, 0.1) is 26.4 Å². The van der Waals surface area contributed by atoms with Gasteiger partial charge in [-0.1, -0.05) is 143 Å². The van der Waals surface area contributed by atoms with Crippen LogP contribution in [0.2, 0.25) is 0 Å². The van der Waals surface area contributed by atoms with Crippen LogP contribution in [0.15, 0.2) is 97.2 Å². The molecule has 0 fully saturated rings. The maximum absolute atomic E-state index is 12.6. The fourth-order valence-electron chi connectivity index (χ4n) is 5.04. The number of rotatable bonds is 39. The molecule has 0 aliphatic heterocycles. The molecule has 0 radical (unpaired) electrons. The Hall–Kier alpha value is -2.62. The second-order valence-corrected chi connectivity index (χ2v) is 15.1. The summed E-state index contributed by atoms with van der Waals surface area (Å²) in [5.41, 5.74) is 0. The van der Waals surface area contributed by atoms with Gasteiger partial charge in [-0.15, -0.1) is 0 Å². The van der Waals surface area contributed by atoms with Gasteiger partial charge in [0.2, 0.25) is 0 Å². The van der Waals surface area contributed by atoms with Crippen molar-refractivity contribution in [3.05, 3.63) is 97.2 Å². The van der Waals surface area contributed by atoms with Crippen molar-refractivity contribution in [1.29, 1.82) is 0 Å². The molecular weight excluding hydrogens is 727 g/mol. The predicted molar refractivity (Wildman–Crippen MR) is 232 cm³/mol. The number of phosphoric acid groups is 1. The fraction of sp³-hybridized carbons (Fsp3) is 0.630. The summed E-state index contributed by atoms with van der Waals surface area (Å²) in [5, 5.41) is 18.3. The maximum atomic E-state index is 12.6. The molecule has 320 valence electrons. The molecule has 0 spiro atoms. The summed E-state index contributed by atoms with van der Waals surface area (Å²) in [4.78, 5) is 22.5. The highest BCUT2D eigenvalue weighted by atomic mass is 31.2. The molecule has 3 N–H and O–H groups in total. The molecule has 3 atom stereocenters. The Balaban J connectivity index is 4.28. The molecule has 56 heavy (non-hydrogen) atoms. The van der Waals surface area contributed by atoms with Crippen molar-refractivity contribution in [3.8, 4) is 0 Å². The number of hydrogen-bond acceptors (Lipinski definition) is 8. The number of carbonyl (C=O) groups is 1. The number of aliphatic hydroxyl groups is 2. The summed E-state index contributed by atoms with van der Waals surface area (Å²) in [6.45, 7) is 3.20. The Morgan fingerprint density at radius 1 is 0.571 bits per heavy atom. The summed E-state index contributed by atoms with van der Waals surface area (Å²) < 4.78 is 33.3. The van der Waals surface area contributed by atoms with Gasteiger partial charge in [0.25, 0.3) is 0 Å². The van der Waals surface area contributed by atoms with E-state index in [4.69, 9.17) is 23.6 Å². The van der Waals surface area contributed by atoms with Crippen molar-refractivity contribution < 1.29 is 43.0 Å². The van der Waals surface area contributed by atoms with Gasteiger partial charge in [-0.2, -0.15) is 0 Å². The molecule has 0 saturated heterocycles. The van der Waals surface area contributed by atoms with Gasteiger partial charge in [0.1, 0.15) is 12.2 Å². The average Bonchev–Trinajstić information content (AvgIpc) is 3.19. The van der Waals surface area contributed by atoms with Crippen LogP contribution < -0.4 is 0 Å². The minimum Gasteiger partial charge on any atom is -0.457 e. The van der Waals surface area contributed by atoms with Crippen molar-refractivity contribution in [3.63, 3.8) is 0 Å². The Morgan fingerprint density at radius 3 is 1.54 bits per heavy atom. The van der Waals surface area contributed by atoms with Gasteiger partial charge in [0, 0.05) is 13.0 Å². The normalized spacial score (nSPS) is 15.0. The molecule has 0 amide bonds. The second-order valence-electron chi connectivity index (χ2n) is 13.6. The van der Waals surface area contributed by atoms with E-state index >= 15 is 0 Å². The zero-order valence-electron chi connectivity index (χ0n) is 34.8. The molecule has 3 unspecified atom stereocenters. The van der Waals surface area contributed by atoms with Crippen molar-refractivity contribution in [2.45, 2.75) is 154 Å². The summed E-state index contributed by atoms with van der Waals surface area (Å²) in [7, 11) is -4.54. The molecule has 0 saturated carbocycles. The lowest BCUT2D eigenvalue weighted by Crippen LogP contribution is -2.29. The monoisotopic (exact) mass is 805 g/mol. The standard InChI is InChI=1S/C46H77O9P/c1-3-5-7-9-11-13-15-17-18-19-20-21-22-23-24-25-27-29-31-33-35-37-39-52-42-45(43-54-56(50,51)53-41-44(48)40-47)55-46(49)38-36-34-32-30-28-26-16-14-12-10-8-6-4-2/h5,7-8,10-11,13-14,16-18,20-21,23-24,27,29,44-45,47-48H,3-4,6,9,12,15,19,22,25-26,28,30-43H2,1-2H3,(H,50,51)/b7-5-,10-8-,13-11-,16-14-,18-17-,21-20-,24-23-,29-27-. The van der Waals surface area contributed by atoms with Gasteiger partial charge < -0.3 is 24.6 Å². The van der Waals surface area contributed by atoms with Crippen LogP contribution in [-0.4, -0.2) is 66.3 Å². The molecule has 0 aliphatic carbocycles. The average molecular weight is 805 g/mol. The molecule has 0 bridgehead atoms. The van der Waals surface area contributed by atoms with Crippen LogP contribution in [0.3, 0.4) is 0 Å². The van der Waals surface area contributed by atoms with E-state index in [9.17, 15) is 19.4 Å². The van der Waals surface area contributed by atoms with Crippen molar-refractivity contribution in [2.75, 3.05) is 33.0 Å². The summed E-state index contributed by atoms with van der Waals surface area (Å²) >= 11 is 0. The van der Waals surface area contributed by atoms with Crippen LogP contribution in [0.1, 0.15) is 142 Å². The molecule has 0 aliphatic rings. The largest absolute Gasteiger partial charge is 0.472 e. The lowest BCUT2D eigenvalue weighted by Gasteiger charge is -2.20. The van der Waals surface area contributed by atoms with E-state index in [0.717, 1.165) is 109 Å². The minimum atomic E-state index is -4.54. The lowest BCUT2D eigenvalue weighted by atomic mass is 10.1. The lowest BCUT2D eigenvalue weighted by molar-refractivity contribution is -0.154. The first kappa shape index (κ1) is 53.4. The van der Waals surface area contributed by atoms with Crippen LogP contribution in [0.25, 0.3) is 0 Å². The molecule has 10 heteroatoms. The third-order valence-electron chi connectivity index (χ3n) is 8.23. The maximum Gasteiger partial charge on any atom is 0.472 e. The number of phosphoric ester groups is 1. The number of hydrogen-bond donors (Lipinski definition) is 3. The van der Waals surface area contributed by atoms with Gasteiger partial charge in [-0.25, -0.2) is 4.57 Å². The van der Waals surface area contributed by atoms with E-state index in [1.807, 2.05) is 0 Å². The molecule has 0 heterocycles. The van der Waals surface area contributed by atoms with E-state index in [1.54, 1.807) is 0 Å². The Bertz CT molecular complexity index is 1190. The van der Waals surface area contributed by atoms with Gasteiger partial charge >= 0.3 is 13.8 Å². The Morgan fingerprint density at radius 2 is 1.02 bits per heavy atom. The van der Waals surface area contributed by atoms with E-state index < -0.39 is 45.8 Å². The smallest absolute Gasteiger partial charge is 0.457 e. The van der Waals surface area contributed by atoms with E-state index in [-0.39, 0.29) is 13.0 Å².